The summed E-state index contributed by atoms with van der Waals surface area (Å²) in [5.41, 5.74) is 7.05. The summed E-state index contributed by atoms with van der Waals surface area (Å²) in [6.07, 6.45) is 13.2. The largest absolute Gasteiger partial charge is 0.0989 e. The average Bonchev–Trinajstić information content (AvgIpc) is 2.85. The van der Waals surface area contributed by atoms with E-state index >= 15 is 0 Å². The van der Waals surface area contributed by atoms with Crippen molar-refractivity contribution in [1.29, 1.82) is 0 Å². The number of unbranched alkanes of at least 4 members (excludes halogenated alkanes) is 2. The van der Waals surface area contributed by atoms with Crippen molar-refractivity contribution in [1.82, 2.24) is 0 Å². The van der Waals surface area contributed by atoms with E-state index in [2.05, 4.69) is 57.3 Å². The van der Waals surface area contributed by atoms with Gasteiger partial charge in [-0.3, -0.25) is 0 Å². The normalized spacial score (nSPS) is 19.4. The summed E-state index contributed by atoms with van der Waals surface area (Å²) in [5.74, 6) is 0.531. The topological polar surface area (TPSA) is 0 Å². The van der Waals surface area contributed by atoms with Crippen molar-refractivity contribution in [2.24, 2.45) is 5.92 Å². The molecule has 0 aliphatic heterocycles. The fourth-order valence-electron chi connectivity index (χ4n) is 3.69. The Balaban J connectivity index is 1.83. The van der Waals surface area contributed by atoms with E-state index in [-0.39, 0.29) is 0 Å². The number of aryl methyl sites for hydroxylation is 2. The average molecular weight is 323 g/mol. The molecule has 1 fully saturated rings. The maximum atomic E-state index is 4.33. The van der Waals surface area contributed by atoms with Gasteiger partial charge in [-0.25, -0.2) is 0 Å². The molecule has 0 radical (unpaired) electrons. The highest BCUT2D eigenvalue weighted by molar-refractivity contribution is 5.45. The van der Waals surface area contributed by atoms with Gasteiger partial charge in [-0.2, -0.15) is 0 Å². The highest BCUT2D eigenvalue weighted by Crippen LogP contribution is 2.41. The molecular weight excluding hydrogens is 288 g/mol. The van der Waals surface area contributed by atoms with E-state index in [4.69, 9.17) is 0 Å². The van der Waals surface area contributed by atoms with E-state index in [0.29, 0.717) is 5.92 Å². The molecule has 130 valence electrons. The van der Waals surface area contributed by atoms with Gasteiger partial charge in [-0.15, -0.1) is 0 Å². The molecule has 0 heterocycles. The van der Waals surface area contributed by atoms with Crippen LogP contribution in [0, 0.1) is 5.92 Å². The van der Waals surface area contributed by atoms with Crippen LogP contribution in [0.15, 0.2) is 60.2 Å². The second-order valence-corrected chi connectivity index (χ2v) is 7.24. The minimum absolute atomic E-state index is 0.531. The van der Waals surface area contributed by atoms with Crippen molar-refractivity contribution in [2.45, 2.75) is 71.6 Å². The molecule has 24 heavy (non-hydrogen) atoms. The Kier molecular flexibility index (Phi) is 7.56. The predicted octanol–water partition coefficient (Wildman–Crippen LogP) is 7.21. The number of allylic oxidation sites excluding steroid dienone is 4. The summed E-state index contributed by atoms with van der Waals surface area (Å²) in [5, 5.41) is 0. The summed E-state index contributed by atoms with van der Waals surface area (Å²) in [6, 6.07) is 9.24. The molecular formula is C24H34. The Morgan fingerprint density at radius 3 is 2.25 bits per heavy atom. The van der Waals surface area contributed by atoms with Gasteiger partial charge in [-0.1, -0.05) is 82.2 Å². The van der Waals surface area contributed by atoms with Crippen molar-refractivity contribution in [3.05, 3.63) is 71.3 Å². The van der Waals surface area contributed by atoms with E-state index in [9.17, 15) is 0 Å². The van der Waals surface area contributed by atoms with E-state index < -0.39 is 0 Å². The van der Waals surface area contributed by atoms with Crippen LogP contribution in [-0.4, -0.2) is 0 Å². The first-order chi connectivity index (χ1) is 11.7. The van der Waals surface area contributed by atoms with E-state index in [1.54, 1.807) is 0 Å². The van der Waals surface area contributed by atoms with Crippen LogP contribution in [0.1, 0.15) is 69.9 Å². The third kappa shape index (κ3) is 5.23. The van der Waals surface area contributed by atoms with Crippen molar-refractivity contribution in [3.8, 4) is 0 Å². The molecule has 1 unspecified atom stereocenters. The fraction of sp³-hybridized carbons (Fsp3) is 0.500. The van der Waals surface area contributed by atoms with E-state index in [1.807, 2.05) is 0 Å². The lowest BCUT2D eigenvalue weighted by Gasteiger charge is -2.10. The first-order valence-corrected chi connectivity index (χ1v) is 9.79. The van der Waals surface area contributed by atoms with Crippen LogP contribution in [0.2, 0.25) is 0 Å². The monoisotopic (exact) mass is 322 g/mol. The molecule has 1 aromatic rings. The minimum Gasteiger partial charge on any atom is -0.0989 e. The van der Waals surface area contributed by atoms with Crippen LogP contribution in [0.4, 0.5) is 0 Å². The Morgan fingerprint density at radius 1 is 0.958 bits per heavy atom. The Hall–Kier alpha value is -1.56. The van der Waals surface area contributed by atoms with Crippen LogP contribution in [-0.2, 0) is 12.8 Å². The highest BCUT2D eigenvalue weighted by Gasteiger charge is 2.25. The van der Waals surface area contributed by atoms with Gasteiger partial charge in [0.1, 0.15) is 0 Å². The van der Waals surface area contributed by atoms with Crippen LogP contribution in [0.5, 0.6) is 0 Å². The van der Waals surface area contributed by atoms with Crippen molar-refractivity contribution in [3.63, 3.8) is 0 Å². The highest BCUT2D eigenvalue weighted by atomic mass is 14.3. The SMILES string of the molecule is C=C1C/C(=C\CCc2ccc(CCCCC)cc2)C(=C)C1CCC. The Labute approximate surface area is 149 Å². The predicted molar refractivity (Wildman–Crippen MR) is 107 cm³/mol. The summed E-state index contributed by atoms with van der Waals surface area (Å²) < 4.78 is 0. The standard InChI is InChI=1S/C24H34/c1-5-7-8-11-21-14-16-22(17-15-21)12-9-13-23-18-19(3)24(10-6-2)20(23)4/h13-17,24H,3-12,18H2,1-2H3/b23-13+. The molecule has 1 aromatic carbocycles. The summed E-state index contributed by atoms with van der Waals surface area (Å²) in [4.78, 5) is 0. The molecule has 1 atom stereocenters. The molecule has 1 aliphatic carbocycles. The Morgan fingerprint density at radius 2 is 1.62 bits per heavy atom. The lowest BCUT2D eigenvalue weighted by molar-refractivity contribution is 0.658. The molecule has 0 saturated heterocycles. The van der Waals surface area contributed by atoms with Gasteiger partial charge < -0.3 is 0 Å². The quantitative estimate of drug-likeness (QED) is 0.333. The molecule has 1 aliphatic rings. The van der Waals surface area contributed by atoms with Crippen molar-refractivity contribution in [2.75, 3.05) is 0 Å². The van der Waals surface area contributed by atoms with Gasteiger partial charge >= 0.3 is 0 Å². The van der Waals surface area contributed by atoms with Crippen molar-refractivity contribution >= 4 is 0 Å². The van der Waals surface area contributed by atoms with Crippen LogP contribution in [0.25, 0.3) is 0 Å². The summed E-state index contributed by atoms with van der Waals surface area (Å²) >= 11 is 0. The van der Waals surface area contributed by atoms with Gasteiger partial charge in [0.05, 0.1) is 0 Å². The Bertz CT molecular complexity index is 571. The van der Waals surface area contributed by atoms with Crippen LogP contribution < -0.4 is 0 Å². The zero-order chi connectivity index (χ0) is 17.4. The lowest BCUT2D eigenvalue weighted by atomic mass is 9.95. The van der Waals surface area contributed by atoms with Gasteiger partial charge in [0.25, 0.3) is 0 Å². The molecule has 0 spiro atoms. The maximum absolute atomic E-state index is 4.33. The van der Waals surface area contributed by atoms with Gasteiger partial charge in [0, 0.05) is 5.92 Å². The van der Waals surface area contributed by atoms with E-state index in [1.165, 1.54) is 66.4 Å². The fourth-order valence-corrected chi connectivity index (χ4v) is 3.69. The molecule has 0 nitrogen and oxygen atoms in total. The smallest absolute Gasteiger partial charge is 0.00455 e. The number of benzene rings is 1. The zero-order valence-corrected chi connectivity index (χ0v) is 15.7. The van der Waals surface area contributed by atoms with Gasteiger partial charge in [-0.05, 0) is 60.8 Å². The number of hydrogen-bond donors (Lipinski definition) is 0. The minimum atomic E-state index is 0.531. The summed E-state index contributed by atoms with van der Waals surface area (Å²) in [6.45, 7) is 13.1. The summed E-state index contributed by atoms with van der Waals surface area (Å²) in [7, 11) is 0. The molecule has 0 bridgehead atoms. The number of hydrogen-bond acceptors (Lipinski definition) is 0. The third-order valence-electron chi connectivity index (χ3n) is 5.24. The van der Waals surface area contributed by atoms with Gasteiger partial charge in [0.2, 0.25) is 0 Å². The molecule has 2 rings (SSSR count). The molecule has 1 saturated carbocycles. The lowest BCUT2D eigenvalue weighted by Crippen LogP contribution is -1.97. The molecule has 0 heteroatoms. The molecule has 0 N–H and O–H groups in total. The molecule has 0 amide bonds. The number of rotatable bonds is 9. The van der Waals surface area contributed by atoms with Crippen LogP contribution >= 0.6 is 0 Å². The second kappa shape index (κ2) is 9.67. The first kappa shape index (κ1) is 18.8. The van der Waals surface area contributed by atoms with E-state index in [0.717, 1.165) is 19.3 Å². The maximum Gasteiger partial charge on any atom is 0.00455 e. The van der Waals surface area contributed by atoms with Gasteiger partial charge in [0.15, 0.2) is 0 Å². The van der Waals surface area contributed by atoms with Crippen LogP contribution in [0.3, 0.4) is 0 Å². The first-order valence-electron chi connectivity index (χ1n) is 9.79. The second-order valence-electron chi connectivity index (χ2n) is 7.24. The zero-order valence-electron chi connectivity index (χ0n) is 15.7. The third-order valence-corrected chi connectivity index (χ3v) is 5.24. The molecule has 0 aromatic heterocycles. The van der Waals surface area contributed by atoms with Crippen molar-refractivity contribution < 1.29 is 0 Å².